The Morgan fingerprint density at radius 1 is 1.04 bits per heavy atom. The molecule has 4 nitrogen and oxygen atoms in total. The van der Waals surface area contributed by atoms with Crippen molar-refractivity contribution in [3.05, 3.63) is 53.6 Å². The minimum Gasteiger partial charge on any atom is -0.384 e. The lowest BCUT2D eigenvalue weighted by molar-refractivity contribution is 0.577. The molecule has 0 bridgehead atoms. The molecule has 0 saturated carbocycles. The molecule has 1 aliphatic rings. The van der Waals surface area contributed by atoms with Gasteiger partial charge in [-0.1, -0.05) is 39.8 Å². The third kappa shape index (κ3) is 3.73. The molecule has 3 rings (SSSR count). The number of rotatable bonds is 6. The van der Waals surface area contributed by atoms with Crippen LogP contribution in [0.5, 0.6) is 0 Å². The first-order valence-electron chi connectivity index (χ1n) is 9.28. The second-order valence-corrected chi connectivity index (χ2v) is 9.53. The number of fused-ring (bicyclic) bond motifs is 1. The molecule has 0 aliphatic carbocycles. The number of nitrogens with one attached hydrogen (secondary N) is 1. The van der Waals surface area contributed by atoms with E-state index in [1.54, 1.807) is 10.4 Å². The van der Waals surface area contributed by atoms with Crippen molar-refractivity contribution < 1.29 is 8.42 Å². The second kappa shape index (κ2) is 7.31. The van der Waals surface area contributed by atoms with Crippen molar-refractivity contribution in [3.8, 4) is 0 Å². The zero-order chi connectivity index (χ0) is 18.9. The fourth-order valence-corrected chi connectivity index (χ4v) is 4.95. The van der Waals surface area contributed by atoms with Gasteiger partial charge in [0.2, 0.25) is 0 Å². The fraction of sp³-hybridized carbons (Fsp3) is 0.429. The number of benzene rings is 2. The lowest BCUT2D eigenvalue weighted by Crippen LogP contribution is -2.34. The molecule has 1 N–H and O–H groups in total. The van der Waals surface area contributed by atoms with E-state index >= 15 is 0 Å². The van der Waals surface area contributed by atoms with Crippen molar-refractivity contribution in [3.63, 3.8) is 0 Å². The third-order valence-corrected chi connectivity index (χ3v) is 6.54. The van der Waals surface area contributed by atoms with Crippen LogP contribution in [-0.4, -0.2) is 21.5 Å². The SMILES string of the molecule is CC(C)CN(c1ccc(C(C)C)cc1)S(=O)(=O)c1ccc2c(c1)CCN2. The lowest BCUT2D eigenvalue weighted by atomic mass is 10.0. The van der Waals surface area contributed by atoms with Gasteiger partial charge >= 0.3 is 0 Å². The predicted molar refractivity (Wildman–Crippen MR) is 109 cm³/mol. The van der Waals surface area contributed by atoms with Gasteiger partial charge in [-0.25, -0.2) is 8.42 Å². The van der Waals surface area contributed by atoms with Crippen molar-refractivity contribution in [2.75, 3.05) is 22.7 Å². The molecule has 0 amide bonds. The summed E-state index contributed by atoms with van der Waals surface area (Å²) in [7, 11) is -3.60. The van der Waals surface area contributed by atoms with Crippen molar-refractivity contribution in [2.45, 2.75) is 44.9 Å². The minimum absolute atomic E-state index is 0.227. The van der Waals surface area contributed by atoms with Gasteiger partial charge in [-0.05, 0) is 59.7 Å². The quantitative estimate of drug-likeness (QED) is 0.804. The largest absolute Gasteiger partial charge is 0.384 e. The zero-order valence-corrected chi connectivity index (χ0v) is 16.8. The summed E-state index contributed by atoms with van der Waals surface area (Å²) < 4.78 is 28.3. The predicted octanol–water partition coefficient (Wildman–Crippen LogP) is 4.63. The Bertz CT molecular complexity index is 871. The molecule has 0 unspecified atom stereocenters. The van der Waals surface area contributed by atoms with E-state index in [9.17, 15) is 8.42 Å². The summed E-state index contributed by atoms with van der Waals surface area (Å²) in [5, 5.41) is 3.28. The standard InChI is InChI=1S/C21H28N2O2S/c1-15(2)14-23(19-7-5-17(6-8-19)16(3)4)26(24,25)20-9-10-21-18(13-20)11-12-22-21/h5-10,13,15-16,22H,11-12,14H2,1-4H3. The monoisotopic (exact) mass is 372 g/mol. The first kappa shape index (κ1) is 18.8. The summed E-state index contributed by atoms with van der Waals surface area (Å²) in [6, 6.07) is 13.3. The van der Waals surface area contributed by atoms with E-state index in [0.717, 1.165) is 29.9 Å². The van der Waals surface area contributed by atoms with Gasteiger partial charge in [-0.2, -0.15) is 0 Å². The second-order valence-electron chi connectivity index (χ2n) is 7.67. The summed E-state index contributed by atoms with van der Waals surface area (Å²) in [6.45, 7) is 9.67. The van der Waals surface area contributed by atoms with Gasteiger partial charge in [0.1, 0.15) is 0 Å². The molecule has 0 atom stereocenters. The van der Waals surface area contributed by atoms with Crippen molar-refractivity contribution in [1.29, 1.82) is 0 Å². The van der Waals surface area contributed by atoms with E-state index in [1.165, 1.54) is 5.56 Å². The molecule has 2 aromatic rings. The van der Waals surface area contributed by atoms with E-state index in [4.69, 9.17) is 0 Å². The van der Waals surface area contributed by atoms with Gasteiger partial charge < -0.3 is 5.32 Å². The van der Waals surface area contributed by atoms with Crippen LogP contribution in [0.3, 0.4) is 0 Å². The maximum Gasteiger partial charge on any atom is 0.264 e. The third-order valence-electron chi connectivity index (χ3n) is 4.75. The summed E-state index contributed by atoms with van der Waals surface area (Å²) in [6.07, 6.45) is 0.867. The van der Waals surface area contributed by atoms with Crippen LogP contribution in [0.15, 0.2) is 47.4 Å². The first-order chi connectivity index (χ1) is 12.3. The van der Waals surface area contributed by atoms with Crippen LogP contribution < -0.4 is 9.62 Å². The first-order valence-corrected chi connectivity index (χ1v) is 10.7. The molecule has 26 heavy (non-hydrogen) atoms. The summed E-state index contributed by atoms with van der Waals surface area (Å²) in [5.74, 6) is 0.647. The van der Waals surface area contributed by atoms with Crippen LogP contribution >= 0.6 is 0 Å². The van der Waals surface area contributed by atoms with Gasteiger partial charge in [0.05, 0.1) is 10.6 Å². The Morgan fingerprint density at radius 3 is 2.35 bits per heavy atom. The Kier molecular flexibility index (Phi) is 5.28. The minimum atomic E-state index is -3.60. The molecule has 0 radical (unpaired) electrons. The van der Waals surface area contributed by atoms with E-state index in [0.29, 0.717) is 17.4 Å². The van der Waals surface area contributed by atoms with Gasteiger partial charge in [0.25, 0.3) is 10.0 Å². The normalized spacial score (nSPS) is 13.8. The van der Waals surface area contributed by atoms with E-state index in [1.807, 2.05) is 50.2 Å². The molecular weight excluding hydrogens is 344 g/mol. The van der Waals surface area contributed by atoms with Crippen LogP contribution in [-0.2, 0) is 16.4 Å². The number of nitrogens with zero attached hydrogens (tertiary/aromatic N) is 1. The average Bonchev–Trinajstić information content (AvgIpc) is 3.07. The molecule has 1 heterocycles. The Morgan fingerprint density at radius 2 is 1.73 bits per heavy atom. The number of hydrogen-bond donors (Lipinski definition) is 1. The zero-order valence-electron chi connectivity index (χ0n) is 16.0. The van der Waals surface area contributed by atoms with Crippen molar-refractivity contribution >= 4 is 21.4 Å². The lowest BCUT2D eigenvalue weighted by Gasteiger charge is -2.27. The number of hydrogen-bond acceptors (Lipinski definition) is 3. The molecule has 1 aliphatic heterocycles. The highest BCUT2D eigenvalue weighted by Gasteiger charge is 2.27. The number of anilines is 2. The van der Waals surface area contributed by atoms with Crippen LogP contribution in [0.4, 0.5) is 11.4 Å². The molecule has 5 heteroatoms. The molecule has 0 aromatic heterocycles. The van der Waals surface area contributed by atoms with E-state index in [-0.39, 0.29) is 5.92 Å². The highest BCUT2D eigenvalue weighted by molar-refractivity contribution is 7.92. The molecule has 2 aromatic carbocycles. The van der Waals surface area contributed by atoms with Crippen LogP contribution in [0.25, 0.3) is 0 Å². The Labute approximate surface area is 157 Å². The maximum absolute atomic E-state index is 13.4. The molecule has 0 fully saturated rings. The van der Waals surface area contributed by atoms with Crippen molar-refractivity contribution in [2.24, 2.45) is 5.92 Å². The molecule has 0 saturated heterocycles. The van der Waals surface area contributed by atoms with Gasteiger partial charge in [-0.15, -0.1) is 0 Å². The van der Waals surface area contributed by atoms with Crippen molar-refractivity contribution in [1.82, 2.24) is 0 Å². The van der Waals surface area contributed by atoms with Crippen LogP contribution in [0.1, 0.15) is 44.7 Å². The van der Waals surface area contributed by atoms with Crippen LogP contribution in [0, 0.1) is 5.92 Å². The fourth-order valence-electron chi connectivity index (χ4n) is 3.27. The average molecular weight is 373 g/mol. The number of sulfonamides is 1. The van der Waals surface area contributed by atoms with Gasteiger partial charge in [-0.3, -0.25) is 4.31 Å². The topological polar surface area (TPSA) is 49.4 Å². The molecule has 140 valence electrons. The van der Waals surface area contributed by atoms with Gasteiger partial charge in [0.15, 0.2) is 0 Å². The van der Waals surface area contributed by atoms with E-state index < -0.39 is 10.0 Å². The smallest absolute Gasteiger partial charge is 0.264 e. The van der Waals surface area contributed by atoms with E-state index in [2.05, 4.69) is 19.2 Å². The maximum atomic E-state index is 13.4. The van der Waals surface area contributed by atoms with Gasteiger partial charge in [0, 0.05) is 18.8 Å². The Balaban J connectivity index is 2.00. The molecule has 0 spiro atoms. The van der Waals surface area contributed by atoms with Crippen LogP contribution in [0.2, 0.25) is 0 Å². The molecular formula is C21H28N2O2S. The highest BCUT2D eigenvalue weighted by Crippen LogP contribution is 2.30. The Hall–Kier alpha value is -2.01. The summed E-state index contributed by atoms with van der Waals surface area (Å²) in [4.78, 5) is 0.369. The summed E-state index contributed by atoms with van der Waals surface area (Å²) >= 11 is 0. The highest BCUT2D eigenvalue weighted by atomic mass is 32.2. The summed E-state index contributed by atoms with van der Waals surface area (Å²) in [5.41, 5.74) is 4.05.